The Morgan fingerprint density at radius 3 is 1.36 bits per heavy atom. The first kappa shape index (κ1) is 52.1. The van der Waals surface area contributed by atoms with Crippen molar-refractivity contribution in [3.63, 3.8) is 0 Å². The van der Waals surface area contributed by atoms with Crippen LogP contribution in [0, 0.1) is 0 Å². The van der Waals surface area contributed by atoms with Crippen molar-refractivity contribution in [2.45, 2.75) is 5.41 Å². The molecule has 0 bridgehead atoms. The molecule has 0 saturated carbocycles. The number of aromatic nitrogens is 1. The third-order valence-corrected chi connectivity index (χ3v) is 19.4. The molecule has 418 valence electrons. The first-order valence-corrected chi connectivity index (χ1v) is 31.4. The van der Waals surface area contributed by atoms with Crippen LogP contribution in [0.15, 0.2) is 346 Å². The van der Waals surface area contributed by atoms with Gasteiger partial charge in [-0.05, 0) is 164 Å². The SMILES string of the molecule is c1ccc(-c2ccc(N(c3ccccc3)c3cc(-c4cc5c6ccccc6n(-c6ccccc6)c5c5sc6ccccc6c45)cc(N(c4ccc(-c5ccccc5)cc4)c4ccc5c(c4)C(c4ccccc4)(c4ccccc4)c4ccccc4-5)c3)cc2)cc1. The average Bonchev–Trinajstić information content (AvgIpc) is 1.62. The Bertz CT molecular complexity index is 5230. The van der Waals surface area contributed by atoms with E-state index in [1.54, 1.807) is 0 Å². The summed E-state index contributed by atoms with van der Waals surface area (Å²) in [5, 5.41) is 4.91. The summed E-state index contributed by atoms with van der Waals surface area (Å²) in [6, 6.07) is 128. The summed E-state index contributed by atoms with van der Waals surface area (Å²) in [7, 11) is 0. The van der Waals surface area contributed by atoms with E-state index in [2.05, 4.69) is 360 Å². The van der Waals surface area contributed by atoms with E-state index >= 15 is 0 Å². The number of benzene rings is 14. The van der Waals surface area contributed by atoms with Gasteiger partial charge in [0.15, 0.2) is 0 Å². The number of hydrogen-bond donors (Lipinski definition) is 0. The average molecular weight is 1150 g/mol. The normalized spacial score (nSPS) is 12.4. The van der Waals surface area contributed by atoms with Crippen LogP contribution in [-0.2, 0) is 5.41 Å². The van der Waals surface area contributed by atoms with Crippen molar-refractivity contribution in [2.75, 3.05) is 9.80 Å². The largest absolute Gasteiger partial charge is 0.310 e. The maximum absolute atomic E-state index is 2.51. The number of rotatable bonds is 12. The van der Waals surface area contributed by atoms with Crippen molar-refractivity contribution < 1.29 is 0 Å². The van der Waals surface area contributed by atoms with Crippen LogP contribution in [0.1, 0.15) is 22.3 Å². The second kappa shape index (κ2) is 21.6. The third-order valence-electron chi connectivity index (χ3n) is 18.2. The van der Waals surface area contributed by atoms with Gasteiger partial charge in [-0.1, -0.05) is 249 Å². The van der Waals surface area contributed by atoms with Crippen LogP contribution >= 0.6 is 11.3 Å². The maximum Gasteiger partial charge on any atom is 0.0720 e. The summed E-state index contributed by atoms with van der Waals surface area (Å²) in [4.78, 5) is 4.95. The van der Waals surface area contributed by atoms with Gasteiger partial charge in [-0.15, -0.1) is 11.3 Å². The molecule has 0 aliphatic heterocycles. The zero-order chi connectivity index (χ0) is 58.8. The minimum Gasteiger partial charge on any atom is -0.310 e. The third kappa shape index (κ3) is 8.63. The lowest BCUT2D eigenvalue weighted by molar-refractivity contribution is 0.768. The van der Waals surface area contributed by atoms with Crippen LogP contribution in [0.4, 0.5) is 34.1 Å². The zero-order valence-corrected chi connectivity index (χ0v) is 49.5. The Balaban J connectivity index is 0.978. The Morgan fingerprint density at radius 1 is 0.281 bits per heavy atom. The van der Waals surface area contributed by atoms with Crippen LogP contribution in [-0.4, -0.2) is 4.57 Å². The molecule has 3 nitrogen and oxygen atoms in total. The molecule has 0 fully saturated rings. The standard InChI is InChI=1S/C85H57N3S/c1-7-25-58(26-8-1)60-43-47-67(48-44-60)86(65-33-15-5-16-34-65)70-53-62(76-57-77-74-38-20-23-41-80(74)88(66-35-17-6-18-36-66)83(77)84-82(76)75-39-21-24-42-81(75)89-84)54-71(55-70)87(68-49-45-61(46-50-68)59-27-9-2-10-28-59)69-51-52-73-72-37-19-22-40-78(72)85(79(73)56-69,63-29-11-3-12-30-63)64-31-13-4-14-32-64/h1-57H. The monoisotopic (exact) mass is 1150 g/mol. The highest BCUT2D eigenvalue weighted by molar-refractivity contribution is 7.26. The predicted molar refractivity (Wildman–Crippen MR) is 377 cm³/mol. The van der Waals surface area contributed by atoms with Gasteiger partial charge < -0.3 is 14.4 Å². The minimum atomic E-state index is -0.615. The molecule has 0 unspecified atom stereocenters. The van der Waals surface area contributed by atoms with Crippen LogP contribution in [0.3, 0.4) is 0 Å². The van der Waals surface area contributed by atoms with Gasteiger partial charge in [0.1, 0.15) is 0 Å². The number of anilines is 6. The molecular formula is C85H57N3S. The number of hydrogen-bond acceptors (Lipinski definition) is 3. The lowest BCUT2D eigenvalue weighted by Crippen LogP contribution is -2.28. The molecule has 1 aliphatic rings. The molecule has 2 heterocycles. The highest BCUT2D eigenvalue weighted by atomic mass is 32.1. The minimum absolute atomic E-state index is 0.615. The summed E-state index contributed by atoms with van der Waals surface area (Å²) >= 11 is 1.89. The van der Waals surface area contributed by atoms with Gasteiger partial charge in [0.05, 0.1) is 21.1 Å². The van der Waals surface area contributed by atoms with Crippen LogP contribution in [0.25, 0.3) is 92.2 Å². The van der Waals surface area contributed by atoms with E-state index in [-0.39, 0.29) is 0 Å². The first-order valence-electron chi connectivity index (χ1n) is 30.6. The molecule has 0 radical (unpaired) electrons. The molecule has 0 saturated heterocycles. The molecule has 89 heavy (non-hydrogen) atoms. The van der Waals surface area contributed by atoms with Crippen molar-refractivity contribution in [2.24, 2.45) is 0 Å². The maximum atomic E-state index is 2.51. The molecule has 14 aromatic carbocycles. The number of fused-ring (bicyclic) bond motifs is 10. The van der Waals surface area contributed by atoms with Crippen molar-refractivity contribution in [1.29, 1.82) is 0 Å². The van der Waals surface area contributed by atoms with Crippen molar-refractivity contribution in [3.8, 4) is 50.2 Å². The van der Waals surface area contributed by atoms with Gasteiger partial charge in [-0.2, -0.15) is 0 Å². The van der Waals surface area contributed by atoms with Gasteiger partial charge in [0, 0.05) is 66.1 Å². The molecule has 4 heteroatoms. The van der Waals surface area contributed by atoms with Crippen LogP contribution in [0.2, 0.25) is 0 Å². The van der Waals surface area contributed by atoms with Gasteiger partial charge in [-0.25, -0.2) is 0 Å². The van der Waals surface area contributed by atoms with Crippen LogP contribution in [0.5, 0.6) is 0 Å². The van der Waals surface area contributed by atoms with Crippen molar-refractivity contribution in [3.05, 3.63) is 368 Å². The molecule has 0 atom stereocenters. The Morgan fingerprint density at radius 2 is 0.742 bits per heavy atom. The fourth-order valence-electron chi connectivity index (χ4n) is 14.3. The Hall–Kier alpha value is -11.3. The zero-order valence-electron chi connectivity index (χ0n) is 48.7. The van der Waals surface area contributed by atoms with E-state index in [0.29, 0.717) is 0 Å². The quantitative estimate of drug-likeness (QED) is 0.121. The smallest absolute Gasteiger partial charge is 0.0720 e. The van der Waals surface area contributed by atoms with Crippen molar-refractivity contribution >= 4 is 87.4 Å². The van der Waals surface area contributed by atoms with E-state index in [4.69, 9.17) is 0 Å². The van der Waals surface area contributed by atoms with Gasteiger partial charge in [0.2, 0.25) is 0 Å². The number of nitrogens with zero attached hydrogens (tertiary/aromatic N) is 3. The number of thiophene rings is 1. The molecule has 16 aromatic rings. The lowest BCUT2D eigenvalue weighted by Gasteiger charge is -2.35. The molecule has 1 aliphatic carbocycles. The number of para-hydroxylation sites is 3. The highest BCUT2D eigenvalue weighted by Crippen LogP contribution is 2.58. The molecule has 0 N–H and O–H groups in total. The topological polar surface area (TPSA) is 11.4 Å². The Labute approximate surface area is 522 Å². The molecular weight excluding hydrogens is 1100 g/mol. The summed E-state index contributed by atoms with van der Waals surface area (Å²) in [6.07, 6.45) is 0. The van der Waals surface area contributed by atoms with E-state index in [1.165, 1.54) is 92.0 Å². The van der Waals surface area contributed by atoms with Gasteiger partial charge >= 0.3 is 0 Å². The van der Waals surface area contributed by atoms with E-state index in [1.807, 2.05) is 11.3 Å². The fraction of sp³-hybridized carbons (Fsp3) is 0.0118. The molecule has 17 rings (SSSR count). The van der Waals surface area contributed by atoms with Gasteiger partial charge in [0.25, 0.3) is 0 Å². The fourth-order valence-corrected chi connectivity index (χ4v) is 15.6. The second-order valence-corrected chi connectivity index (χ2v) is 24.2. The lowest BCUT2D eigenvalue weighted by atomic mass is 9.67. The van der Waals surface area contributed by atoms with E-state index in [0.717, 1.165) is 56.5 Å². The summed E-state index contributed by atoms with van der Waals surface area (Å²) < 4.78 is 5.00. The molecule has 0 spiro atoms. The summed E-state index contributed by atoms with van der Waals surface area (Å²) in [5.41, 5.74) is 23.6. The first-order chi connectivity index (χ1) is 44.2. The van der Waals surface area contributed by atoms with Gasteiger partial charge in [-0.3, -0.25) is 0 Å². The highest BCUT2D eigenvalue weighted by Gasteiger charge is 2.46. The molecule has 0 amide bonds. The Kier molecular flexibility index (Phi) is 12.6. The van der Waals surface area contributed by atoms with Crippen molar-refractivity contribution in [1.82, 2.24) is 4.57 Å². The second-order valence-electron chi connectivity index (χ2n) is 23.1. The summed E-state index contributed by atoms with van der Waals surface area (Å²) in [6.45, 7) is 0. The predicted octanol–water partition coefficient (Wildman–Crippen LogP) is 23.5. The van der Waals surface area contributed by atoms with E-state index in [9.17, 15) is 0 Å². The molecule has 2 aromatic heterocycles. The summed E-state index contributed by atoms with van der Waals surface area (Å²) in [5.74, 6) is 0. The van der Waals surface area contributed by atoms with Crippen LogP contribution < -0.4 is 9.80 Å². The van der Waals surface area contributed by atoms with E-state index < -0.39 is 5.41 Å².